The third kappa shape index (κ3) is 4.45. The Labute approximate surface area is 244 Å². The summed E-state index contributed by atoms with van der Waals surface area (Å²) >= 11 is 0. The van der Waals surface area contributed by atoms with E-state index in [1.54, 1.807) is 9.80 Å². The summed E-state index contributed by atoms with van der Waals surface area (Å²) in [6.07, 6.45) is 9.60. The van der Waals surface area contributed by atoms with Crippen molar-refractivity contribution >= 4 is 23.4 Å². The van der Waals surface area contributed by atoms with Crippen molar-refractivity contribution in [3.05, 3.63) is 53.6 Å². The molecule has 6 atom stereocenters. The van der Waals surface area contributed by atoms with Gasteiger partial charge in [0.25, 0.3) is 5.91 Å². The number of rotatable bonds is 8. The van der Waals surface area contributed by atoms with Crippen LogP contribution in [-0.2, 0) is 19.1 Å². The zero-order chi connectivity index (χ0) is 29.7. The van der Waals surface area contributed by atoms with E-state index in [1.165, 1.54) is 0 Å². The highest BCUT2D eigenvalue weighted by atomic mass is 16.5. The number of carbonyl (C=O) groups is 3. The molecule has 0 aromatic heterocycles. The van der Waals surface area contributed by atoms with Crippen LogP contribution in [0.15, 0.2) is 42.5 Å². The van der Waals surface area contributed by atoms with Crippen molar-refractivity contribution < 1.29 is 24.2 Å². The number of nitrogens with zero attached hydrogens (tertiary/aromatic N) is 3. The molecule has 4 heterocycles. The molecule has 0 bridgehead atoms. The average molecular weight is 564 g/mol. The van der Waals surface area contributed by atoms with Crippen molar-refractivity contribution in [2.24, 2.45) is 17.8 Å². The standard InChI is InChI=1S/C33H45N3O5/c1-7-16-34-17-10-14-32(8-2)25(29(34)38)26-30(39)36(24(20-37)19-21(3)4)28-31(40)35(18-11-15-33(26,28)41-32)27-22(5)12-9-13-23(27)6/h9-15,21,24-26,28,37H,7-8,16-20H2,1-6H3/t24-,25-,26+,28?,32+,33+/m1/s1. The fourth-order valence-corrected chi connectivity index (χ4v) is 7.87. The van der Waals surface area contributed by atoms with Crippen LogP contribution in [-0.4, -0.2) is 82.2 Å². The normalized spacial score (nSPS) is 31.9. The first-order valence-corrected chi connectivity index (χ1v) is 15.2. The number of aliphatic hydroxyl groups is 1. The summed E-state index contributed by atoms with van der Waals surface area (Å²) in [5.74, 6) is -2.08. The van der Waals surface area contributed by atoms with Gasteiger partial charge in [0.1, 0.15) is 11.6 Å². The van der Waals surface area contributed by atoms with Crippen LogP contribution in [0, 0.1) is 31.6 Å². The highest BCUT2D eigenvalue weighted by molar-refractivity contribution is 6.06. The largest absolute Gasteiger partial charge is 0.394 e. The number of likely N-dealkylation sites (tertiary alicyclic amines) is 1. The van der Waals surface area contributed by atoms with Crippen LogP contribution < -0.4 is 4.90 Å². The van der Waals surface area contributed by atoms with Gasteiger partial charge < -0.3 is 24.5 Å². The van der Waals surface area contributed by atoms with Gasteiger partial charge >= 0.3 is 0 Å². The summed E-state index contributed by atoms with van der Waals surface area (Å²) < 4.78 is 7.08. The molecule has 5 rings (SSSR count). The van der Waals surface area contributed by atoms with E-state index in [0.717, 1.165) is 23.2 Å². The van der Waals surface area contributed by atoms with Crippen LogP contribution in [0.4, 0.5) is 5.69 Å². The fourth-order valence-electron chi connectivity index (χ4n) is 7.87. The van der Waals surface area contributed by atoms with Crippen LogP contribution in [0.25, 0.3) is 0 Å². The summed E-state index contributed by atoms with van der Waals surface area (Å²) in [5.41, 5.74) is 0.413. The number of aliphatic hydroxyl groups excluding tert-OH is 1. The first-order valence-electron chi connectivity index (χ1n) is 15.2. The minimum Gasteiger partial charge on any atom is -0.394 e. The smallest absolute Gasteiger partial charge is 0.253 e. The summed E-state index contributed by atoms with van der Waals surface area (Å²) in [7, 11) is 0. The molecule has 222 valence electrons. The number of amides is 3. The highest BCUT2D eigenvalue weighted by Gasteiger charge is 2.76. The Morgan fingerprint density at radius 2 is 1.66 bits per heavy atom. The first kappa shape index (κ1) is 29.5. The van der Waals surface area contributed by atoms with Gasteiger partial charge in [0.2, 0.25) is 11.8 Å². The second-order valence-electron chi connectivity index (χ2n) is 12.6. The third-order valence-corrected chi connectivity index (χ3v) is 9.51. The summed E-state index contributed by atoms with van der Waals surface area (Å²) in [6.45, 7) is 13.2. The summed E-state index contributed by atoms with van der Waals surface area (Å²) in [4.78, 5) is 49.0. The van der Waals surface area contributed by atoms with Gasteiger partial charge in [0, 0.05) is 25.3 Å². The molecular formula is C33H45N3O5. The van der Waals surface area contributed by atoms with E-state index >= 15 is 0 Å². The van der Waals surface area contributed by atoms with E-state index in [9.17, 15) is 19.5 Å². The Morgan fingerprint density at radius 3 is 2.27 bits per heavy atom. The molecule has 41 heavy (non-hydrogen) atoms. The Bertz CT molecular complexity index is 1250. The molecule has 3 amide bonds. The molecule has 1 spiro atoms. The second-order valence-corrected chi connectivity index (χ2v) is 12.6. The van der Waals surface area contributed by atoms with Gasteiger partial charge in [-0.3, -0.25) is 14.4 Å². The van der Waals surface area contributed by atoms with Gasteiger partial charge in [-0.1, -0.05) is 70.2 Å². The Balaban J connectivity index is 1.71. The van der Waals surface area contributed by atoms with Crippen LogP contribution in [0.2, 0.25) is 0 Å². The quantitative estimate of drug-likeness (QED) is 0.487. The van der Waals surface area contributed by atoms with E-state index in [1.807, 2.05) is 88.9 Å². The maximum atomic E-state index is 14.9. The molecule has 2 saturated heterocycles. The zero-order valence-corrected chi connectivity index (χ0v) is 25.3. The number of carbonyl (C=O) groups excluding carboxylic acids is 3. The van der Waals surface area contributed by atoms with E-state index in [0.29, 0.717) is 32.5 Å². The molecule has 0 radical (unpaired) electrons. The number of para-hydroxylation sites is 1. The van der Waals surface area contributed by atoms with Crippen LogP contribution in [0.3, 0.4) is 0 Å². The molecule has 8 heteroatoms. The number of fused-ring (bicyclic) bond motifs is 2. The Kier molecular flexibility index (Phi) is 7.94. The van der Waals surface area contributed by atoms with Crippen molar-refractivity contribution in [2.45, 2.75) is 84.1 Å². The van der Waals surface area contributed by atoms with E-state index in [2.05, 4.69) is 0 Å². The number of benzene rings is 1. The van der Waals surface area contributed by atoms with Gasteiger partial charge in [-0.2, -0.15) is 0 Å². The molecule has 1 aromatic carbocycles. The lowest BCUT2D eigenvalue weighted by molar-refractivity contribution is -0.153. The number of hydrogen-bond donors (Lipinski definition) is 1. The molecule has 4 aliphatic heterocycles. The lowest BCUT2D eigenvalue weighted by Crippen LogP contribution is -2.59. The molecule has 1 N–H and O–H groups in total. The molecule has 8 nitrogen and oxygen atoms in total. The van der Waals surface area contributed by atoms with Gasteiger partial charge in [0.05, 0.1) is 30.1 Å². The first-order chi connectivity index (χ1) is 19.6. The van der Waals surface area contributed by atoms with Crippen molar-refractivity contribution in [3.63, 3.8) is 0 Å². The van der Waals surface area contributed by atoms with Gasteiger partial charge in [-0.25, -0.2) is 0 Å². The zero-order valence-electron chi connectivity index (χ0n) is 25.3. The predicted molar refractivity (Wildman–Crippen MR) is 158 cm³/mol. The van der Waals surface area contributed by atoms with Crippen molar-refractivity contribution in [3.8, 4) is 0 Å². The number of hydrogen-bond acceptors (Lipinski definition) is 5. The van der Waals surface area contributed by atoms with E-state index in [-0.39, 0.29) is 30.2 Å². The molecule has 2 fully saturated rings. The lowest BCUT2D eigenvalue weighted by Gasteiger charge is -2.41. The average Bonchev–Trinajstić information content (AvgIpc) is 3.23. The molecular weight excluding hydrogens is 518 g/mol. The molecule has 4 aliphatic rings. The van der Waals surface area contributed by atoms with Crippen molar-refractivity contribution in [1.29, 1.82) is 0 Å². The Morgan fingerprint density at radius 1 is 0.976 bits per heavy atom. The fraction of sp³-hybridized carbons (Fsp3) is 0.606. The third-order valence-electron chi connectivity index (χ3n) is 9.51. The SMILES string of the molecule is CCCN1CC=C[C@]2(CC)O[C@]34C=CCN(c5c(C)cccc5C)C(=O)C3N([C@@H](CO)CC(C)C)C(=O)[C@@H]4[C@@H]2C1=O. The molecule has 0 aliphatic carbocycles. The van der Waals surface area contributed by atoms with Crippen LogP contribution in [0.1, 0.15) is 58.1 Å². The Hall–Kier alpha value is -2.97. The maximum Gasteiger partial charge on any atom is 0.253 e. The number of ether oxygens (including phenoxy) is 1. The van der Waals surface area contributed by atoms with Gasteiger partial charge in [-0.05, 0) is 50.2 Å². The summed E-state index contributed by atoms with van der Waals surface area (Å²) in [6, 6.07) is 4.35. The lowest BCUT2D eigenvalue weighted by atomic mass is 9.73. The minimum absolute atomic E-state index is 0.101. The second kappa shape index (κ2) is 11.0. The van der Waals surface area contributed by atoms with Gasteiger partial charge in [-0.15, -0.1) is 0 Å². The topological polar surface area (TPSA) is 90.4 Å². The van der Waals surface area contributed by atoms with Crippen molar-refractivity contribution in [1.82, 2.24) is 9.80 Å². The maximum absolute atomic E-state index is 14.9. The monoisotopic (exact) mass is 563 g/mol. The molecule has 1 aromatic rings. The summed E-state index contributed by atoms with van der Waals surface area (Å²) in [5, 5.41) is 10.6. The number of aryl methyl sites for hydroxylation is 2. The van der Waals surface area contributed by atoms with Gasteiger partial charge in [0.15, 0.2) is 0 Å². The minimum atomic E-state index is -1.33. The number of anilines is 1. The van der Waals surface area contributed by atoms with Crippen molar-refractivity contribution in [2.75, 3.05) is 31.1 Å². The molecule has 0 saturated carbocycles. The van der Waals surface area contributed by atoms with E-state index < -0.39 is 35.1 Å². The predicted octanol–water partition coefficient (Wildman–Crippen LogP) is 3.78. The highest BCUT2D eigenvalue weighted by Crippen LogP contribution is 2.59. The van der Waals surface area contributed by atoms with E-state index in [4.69, 9.17) is 4.74 Å². The van der Waals surface area contributed by atoms with Crippen LogP contribution >= 0.6 is 0 Å². The van der Waals surface area contributed by atoms with Crippen LogP contribution in [0.5, 0.6) is 0 Å². The molecule has 1 unspecified atom stereocenters.